The van der Waals surface area contributed by atoms with Gasteiger partial charge in [-0.05, 0) is 75.2 Å². The number of fused-ring (bicyclic) bond motifs is 1. The lowest BCUT2D eigenvalue weighted by molar-refractivity contribution is -0.148. The highest BCUT2D eigenvalue weighted by Gasteiger charge is 2.14. The Morgan fingerprint density at radius 1 is 1.08 bits per heavy atom. The molecule has 1 heterocycles. The highest BCUT2D eigenvalue weighted by molar-refractivity contribution is 5.86. The van der Waals surface area contributed by atoms with Gasteiger partial charge in [-0.1, -0.05) is 0 Å². The number of hydrogen-bond acceptors (Lipinski definition) is 7. The highest BCUT2D eigenvalue weighted by atomic mass is 16.6. The number of rotatable bonds is 12. The van der Waals surface area contributed by atoms with Gasteiger partial charge in [-0.25, -0.2) is 4.79 Å². The lowest BCUT2D eigenvalue weighted by atomic mass is 10.1. The van der Waals surface area contributed by atoms with Gasteiger partial charge in [0.15, 0.2) is 6.61 Å². The van der Waals surface area contributed by atoms with Crippen LogP contribution in [0.1, 0.15) is 31.9 Å². The third kappa shape index (κ3) is 8.89. The number of carbonyl (C=O) groups excluding carboxylic acids is 2. The smallest absolute Gasteiger partial charge is 0.332 e. The minimum absolute atomic E-state index is 0.0818. The maximum atomic E-state index is 12.2. The van der Waals surface area contributed by atoms with Crippen LogP contribution in [0.2, 0.25) is 0 Å². The van der Waals surface area contributed by atoms with Crippen molar-refractivity contribution in [3.05, 3.63) is 72.1 Å². The molecule has 38 heavy (non-hydrogen) atoms. The van der Waals surface area contributed by atoms with Gasteiger partial charge < -0.3 is 30.0 Å². The molecule has 1 aromatic heterocycles. The zero-order valence-corrected chi connectivity index (χ0v) is 22.3. The molecule has 0 unspecified atom stereocenters. The molecule has 0 aliphatic rings. The second-order valence-corrected chi connectivity index (χ2v) is 9.77. The van der Waals surface area contributed by atoms with E-state index < -0.39 is 5.60 Å². The molecule has 0 atom stereocenters. The van der Waals surface area contributed by atoms with Gasteiger partial charge >= 0.3 is 5.97 Å². The number of amides is 1. The number of anilines is 1. The average molecular weight is 518 g/mol. The van der Waals surface area contributed by atoms with E-state index in [9.17, 15) is 9.59 Å². The SMILES string of the molecule is Cn1cc(CCN/C=C/C(=O)OC(C)(C)C)c2cc(OCC(=O)NCCNc3ccc(C#N)cc3)ccc21. The molecule has 1 amide bonds. The van der Waals surface area contributed by atoms with Gasteiger partial charge in [0, 0.05) is 61.7 Å². The summed E-state index contributed by atoms with van der Waals surface area (Å²) in [5.74, 6) is 0.0260. The Balaban J connectivity index is 1.44. The predicted molar refractivity (Wildman–Crippen MR) is 148 cm³/mol. The quantitative estimate of drug-likeness (QED) is 0.191. The third-order valence-corrected chi connectivity index (χ3v) is 5.49. The summed E-state index contributed by atoms with van der Waals surface area (Å²) >= 11 is 0. The van der Waals surface area contributed by atoms with Crippen LogP contribution < -0.4 is 20.7 Å². The number of benzene rings is 2. The van der Waals surface area contributed by atoms with Crippen molar-refractivity contribution in [2.75, 3.05) is 31.6 Å². The van der Waals surface area contributed by atoms with Crippen molar-refractivity contribution in [2.45, 2.75) is 32.8 Å². The van der Waals surface area contributed by atoms with Gasteiger partial charge in [-0.15, -0.1) is 0 Å². The first-order valence-electron chi connectivity index (χ1n) is 12.5. The van der Waals surface area contributed by atoms with Crippen LogP contribution in [0.15, 0.2) is 60.9 Å². The third-order valence-electron chi connectivity index (χ3n) is 5.49. The van der Waals surface area contributed by atoms with Crippen molar-refractivity contribution in [3.63, 3.8) is 0 Å². The van der Waals surface area contributed by atoms with Gasteiger partial charge in [0.2, 0.25) is 0 Å². The molecule has 0 spiro atoms. The number of nitrogens with zero attached hydrogens (tertiary/aromatic N) is 2. The second kappa shape index (κ2) is 13.2. The minimum atomic E-state index is -0.519. The molecule has 9 heteroatoms. The molecule has 0 fully saturated rings. The monoisotopic (exact) mass is 517 g/mol. The first-order chi connectivity index (χ1) is 18.1. The molecule has 3 rings (SSSR count). The topological polar surface area (TPSA) is 117 Å². The summed E-state index contributed by atoms with van der Waals surface area (Å²) in [5.41, 5.74) is 3.16. The maximum Gasteiger partial charge on any atom is 0.332 e. The first kappa shape index (κ1) is 28.1. The molecule has 3 aromatic rings. The summed E-state index contributed by atoms with van der Waals surface area (Å²) in [4.78, 5) is 24.0. The highest BCUT2D eigenvalue weighted by Crippen LogP contribution is 2.26. The number of nitrogens with one attached hydrogen (secondary N) is 3. The number of esters is 1. The van der Waals surface area contributed by atoms with E-state index in [1.165, 1.54) is 6.08 Å². The zero-order valence-electron chi connectivity index (χ0n) is 22.3. The van der Waals surface area contributed by atoms with E-state index in [0.717, 1.165) is 28.6 Å². The number of aromatic nitrogens is 1. The maximum absolute atomic E-state index is 12.2. The lowest BCUT2D eigenvalue weighted by Gasteiger charge is -2.17. The fraction of sp³-hybridized carbons (Fsp3) is 0.345. The molecule has 0 saturated heterocycles. The van der Waals surface area contributed by atoms with Crippen LogP contribution in [0.3, 0.4) is 0 Å². The summed E-state index contributed by atoms with van der Waals surface area (Å²) in [6.45, 7) is 7.04. The van der Waals surface area contributed by atoms with E-state index in [1.54, 1.807) is 18.3 Å². The molecule has 0 aliphatic heterocycles. The van der Waals surface area contributed by atoms with Gasteiger partial charge in [-0.3, -0.25) is 4.79 Å². The van der Waals surface area contributed by atoms with Gasteiger partial charge in [0.25, 0.3) is 5.91 Å². The van der Waals surface area contributed by atoms with Gasteiger partial charge in [0.1, 0.15) is 11.4 Å². The van der Waals surface area contributed by atoms with Crippen molar-refractivity contribution < 1.29 is 19.1 Å². The summed E-state index contributed by atoms with van der Waals surface area (Å²) in [6, 6.07) is 15.0. The van der Waals surface area contributed by atoms with E-state index in [1.807, 2.05) is 58.2 Å². The van der Waals surface area contributed by atoms with Crippen molar-refractivity contribution in [2.24, 2.45) is 7.05 Å². The van der Waals surface area contributed by atoms with Crippen molar-refractivity contribution in [1.82, 2.24) is 15.2 Å². The summed E-state index contributed by atoms with van der Waals surface area (Å²) in [6.07, 6.45) is 5.80. The van der Waals surface area contributed by atoms with Crippen molar-refractivity contribution in [1.29, 1.82) is 5.26 Å². The zero-order chi connectivity index (χ0) is 27.5. The van der Waals surface area contributed by atoms with Crippen molar-refractivity contribution >= 4 is 28.5 Å². The van der Waals surface area contributed by atoms with Crippen LogP contribution in [-0.4, -0.2) is 48.3 Å². The number of hydrogen-bond donors (Lipinski definition) is 3. The normalized spacial score (nSPS) is 11.2. The van der Waals surface area contributed by atoms with Crippen molar-refractivity contribution in [3.8, 4) is 11.8 Å². The summed E-state index contributed by atoms with van der Waals surface area (Å²) in [5, 5.41) is 19.0. The van der Waals surface area contributed by atoms with Gasteiger partial charge in [0.05, 0.1) is 11.6 Å². The van der Waals surface area contributed by atoms with Crippen LogP contribution in [0.5, 0.6) is 5.75 Å². The molecule has 9 nitrogen and oxygen atoms in total. The fourth-order valence-corrected chi connectivity index (χ4v) is 3.77. The van der Waals surface area contributed by atoms with E-state index in [-0.39, 0.29) is 18.5 Å². The Morgan fingerprint density at radius 2 is 1.84 bits per heavy atom. The Bertz CT molecular complexity index is 1310. The second-order valence-electron chi connectivity index (χ2n) is 9.77. The Labute approximate surface area is 223 Å². The molecule has 2 aromatic carbocycles. The van der Waals surface area contributed by atoms with E-state index >= 15 is 0 Å². The number of aryl methyl sites for hydroxylation is 1. The predicted octanol–water partition coefficient (Wildman–Crippen LogP) is 3.64. The van der Waals surface area contributed by atoms with E-state index in [0.29, 0.717) is 30.9 Å². The van der Waals surface area contributed by atoms with Gasteiger partial charge in [-0.2, -0.15) is 5.26 Å². The molecule has 3 N–H and O–H groups in total. The Morgan fingerprint density at radius 3 is 2.55 bits per heavy atom. The Kier molecular flexibility index (Phi) is 9.77. The van der Waals surface area contributed by atoms with Crippen LogP contribution in [0.25, 0.3) is 10.9 Å². The summed E-state index contributed by atoms with van der Waals surface area (Å²) < 4.78 is 13.0. The molecule has 0 bridgehead atoms. The molecule has 0 aliphatic carbocycles. The standard InChI is InChI=1S/C29H35N5O4/c1-29(2,3)38-28(36)12-14-31-13-11-22-19-34(4)26-10-9-24(17-25(22)26)37-20-27(35)33-16-15-32-23-7-5-21(18-30)6-8-23/h5-10,12,14,17,19,31-32H,11,13,15-16,20H2,1-4H3,(H,33,35)/b14-12+. The molecular formula is C29H35N5O4. The minimum Gasteiger partial charge on any atom is -0.484 e. The lowest BCUT2D eigenvalue weighted by Crippen LogP contribution is -2.32. The van der Waals surface area contributed by atoms with E-state index in [4.69, 9.17) is 14.7 Å². The number of nitriles is 1. The first-order valence-corrected chi connectivity index (χ1v) is 12.5. The van der Waals surface area contributed by atoms with Crippen LogP contribution in [-0.2, 0) is 27.8 Å². The van der Waals surface area contributed by atoms with Crippen LogP contribution in [0.4, 0.5) is 5.69 Å². The Hall–Kier alpha value is -4.45. The molecule has 0 saturated carbocycles. The van der Waals surface area contributed by atoms with Crippen LogP contribution >= 0.6 is 0 Å². The number of carbonyl (C=O) groups is 2. The van der Waals surface area contributed by atoms with Crippen LogP contribution in [0, 0.1) is 11.3 Å². The average Bonchev–Trinajstić information content (AvgIpc) is 3.19. The number of ether oxygens (including phenoxy) is 2. The van der Waals surface area contributed by atoms with E-state index in [2.05, 4.69) is 32.8 Å². The fourth-order valence-electron chi connectivity index (χ4n) is 3.77. The summed E-state index contributed by atoms with van der Waals surface area (Å²) in [7, 11) is 1.99. The molecular weight excluding hydrogens is 482 g/mol. The molecule has 200 valence electrons. The molecule has 0 radical (unpaired) electrons. The largest absolute Gasteiger partial charge is 0.484 e.